The molecule has 6 heteroatoms. The molecule has 4 nitrogen and oxygen atoms in total. The fraction of sp³-hybridized carbons (Fsp3) is 0.263. The number of benzene rings is 1. The predicted octanol–water partition coefficient (Wildman–Crippen LogP) is 3.60. The summed E-state index contributed by atoms with van der Waals surface area (Å²) in [6.07, 6.45) is 3.70. The summed E-state index contributed by atoms with van der Waals surface area (Å²) in [5.41, 5.74) is 1.05. The van der Waals surface area contributed by atoms with Crippen LogP contribution in [-0.4, -0.2) is 21.0 Å². The minimum absolute atomic E-state index is 0.278. The van der Waals surface area contributed by atoms with Crippen molar-refractivity contribution in [3.05, 3.63) is 65.5 Å². The van der Waals surface area contributed by atoms with Crippen molar-refractivity contribution in [1.82, 2.24) is 14.9 Å². The van der Waals surface area contributed by atoms with E-state index in [4.69, 9.17) is 0 Å². The Morgan fingerprint density at radius 1 is 1.20 bits per heavy atom. The topological polar surface area (TPSA) is 46.9 Å². The van der Waals surface area contributed by atoms with Crippen LogP contribution in [0.1, 0.15) is 29.8 Å². The molecule has 0 saturated heterocycles. The summed E-state index contributed by atoms with van der Waals surface area (Å²) in [6.45, 7) is 3.62. The first-order valence-electron chi connectivity index (χ1n) is 7.92. The molecule has 0 radical (unpaired) electrons. The largest absolute Gasteiger partial charge is 0.347 e. The van der Waals surface area contributed by atoms with Crippen molar-refractivity contribution in [3.8, 4) is 0 Å². The van der Waals surface area contributed by atoms with Crippen molar-refractivity contribution >= 4 is 16.9 Å². The van der Waals surface area contributed by atoms with Crippen LogP contribution in [-0.2, 0) is 13.5 Å². The van der Waals surface area contributed by atoms with Gasteiger partial charge in [0.1, 0.15) is 17.3 Å². The molecule has 0 spiro atoms. The summed E-state index contributed by atoms with van der Waals surface area (Å²) in [4.78, 5) is 16.8. The maximum absolute atomic E-state index is 13.3. The van der Waals surface area contributed by atoms with Crippen LogP contribution < -0.4 is 5.32 Å². The third kappa shape index (κ3) is 3.84. The summed E-state index contributed by atoms with van der Waals surface area (Å²) >= 11 is 0. The second-order valence-electron chi connectivity index (χ2n) is 6.86. The Balaban J connectivity index is 1.77. The molecule has 0 fully saturated rings. The number of fused-ring (bicyclic) bond motifs is 1. The first-order chi connectivity index (χ1) is 11.7. The van der Waals surface area contributed by atoms with E-state index in [1.54, 1.807) is 6.07 Å². The molecule has 0 atom stereocenters. The van der Waals surface area contributed by atoms with Gasteiger partial charge in [-0.2, -0.15) is 0 Å². The number of hydrogen-bond acceptors (Lipinski definition) is 2. The normalized spacial score (nSPS) is 11.7. The fourth-order valence-electron chi connectivity index (χ4n) is 2.93. The lowest BCUT2D eigenvalue weighted by Gasteiger charge is -2.26. The molecule has 0 unspecified atom stereocenters. The highest BCUT2D eigenvalue weighted by atomic mass is 19.1. The van der Waals surface area contributed by atoms with Crippen LogP contribution >= 0.6 is 0 Å². The minimum atomic E-state index is -0.678. The van der Waals surface area contributed by atoms with Gasteiger partial charge in [0.2, 0.25) is 0 Å². The van der Waals surface area contributed by atoms with E-state index < -0.39 is 17.2 Å². The standard InChI is InChI=1S/C19H19F2N3O/c1-19(2,10-12-6-15(20)9-16(21)7-12)23-18(25)14-8-13-4-5-24(3)17(13)22-11-14/h4-9,11H,10H2,1-3H3,(H,23,25). The molecule has 3 rings (SSSR count). The van der Waals surface area contributed by atoms with Crippen molar-refractivity contribution in [2.24, 2.45) is 7.05 Å². The Morgan fingerprint density at radius 2 is 1.88 bits per heavy atom. The molecule has 0 bridgehead atoms. The zero-order chi connectivity index (χ0) is 18.2. The van der Waals surface area contributed by atoms with Crippen molar-refractivity contribution in [2.45, 2.75) is 25.8 Å². The van der Waals surface area contributed by atoms with Crippen LogP contribution in [0, 0.1) is 11.6 Å². The lowest BCUT2D eigenvalue weighted by Crippen LogP contribution is -2.45. The number of aryl methyl sites for hydroxylation is 1. The Morgan fingerprint density at radius 3 is 2.56 bits per heavy atom. The molecule has 2 aromatic heterocycles. The maximum atomic E-state index is 13.3. The number of nitrogens with one attached hydrogen (secondary N) is 1. The molecular formula is C19H19F2N3O. The van der Waals surface area contributed by atoms with Gasteiger partial charge >= 0.3 is 0 Å². The van der Waals surface area contributed by atoms with Crippen LogP contribution in [0.15, 0.2) is 42.7 Å². The van der Waals surface area contributed by atoms with Crippen LogP contribution in [0.4, 0.5) is 8.78 Å². The van der Waals surface area contributed by atoms with E-state index in [1.165, 1.54) is 18.3 Å². The third-order valence-electron chi connectivity index (χ3n) is 3.99. The van der Waals surface area contributed by atoms with E-state index in [2.05, 4.69) is 10.3 Å². The van der Waals surface area contributed by atoms with Crippen LogP contribution in [0.2, 0.25) is 0 Å². The molecular weight excluding hydrogens is 324 g/mol. The van der Waals surface area contributed by atoms with E-state index in [1.807, 2.05) is 37.7 Å². The predicted molar refractivity (Wildman–Crippen MR) is 92.3 cm³/mol. The Kier molecular flexibility index (Phi) is 4.29. The van der Waals surface area contributed by atoms with Gasteiger partial charge in [0.25, 0.3) is 5.91 Å². The summed E-state index contributed by atoms with van der Waals surface area (Å²) < 4.78 is 28.6. The number of halogens is 2. The lowest BCUT2D eigenvalue weighted by molar-refractivity contribution is 0.0913. The highest BCUT2D eigenvalue weighted by Gasteiger charge is 2.23. The van der Waals surface area contributed by atoms with Gasteiger partial charge in [-0.05, 0) is 50.1 Å². The van der Waals surface area contributed by atoms with E-state index in [0.29, 0.717) is 17.5 Å². The summed E-state index contributed by atoms with van der Waals surface area (Å²) in [7, 11) is 1.89. The van der Waals surface area contributed by atoms with Crippen LogP contribution in [0.3, 0.4) is 0 Å². The number of rotatable bonds is 4. The smallest absolute Gasteiger partial charge is 0.253 e. The summed E-state index contributed by atoms with van der Waals surface area (Å²) in [5.74, 6) is -1.54. The number of carbonyl (C=O) groups is 1. The van der Waals surface area contributed by atoms with Gasteiger partial charge in [-0.15, -0.1) is 0 Å². The first-order valence-corrected chi connectivity index (χ1v) is 7.92. The average molecular weight is 343 g/mol. The van der Waals surface area contributed by atoms with Gasteiger partial charge in [0.15, 0.2) is 0 Å². The zero-order valence-electron chi connectivity index (χ0n) is 14.3. The molecule has 130 valence electrons. The van der Waals surface area contributed by atoms with Gasteiger partial charge in [0.05, 0.1) is 5.56 Å². The van der Waals surface area contributed by atoms with E-state index in [9.17, 15) is 13.6 Å². The van der Waals surface area contributed by atoms with Crippen molar-refractivity contribution in [2.75, 3.05) is 0 Å². The van der Waals surface area contributed by atoms with E-state index >= 15 is 0 Å². The van der Waals surface area contributed by atoms with Crippen molar-refractivity contribution < 1.29 is 13.6 Å². The molecule has 3 aromatic rings. The highest BCUT2D eigenvalue weighted by molar-refractivity contribution is 5.97. The number of aromatic nitrogens is 2. The number of carbonyl (C=O) groups excluding carboxylic acids is 1. The quantitative estimate of drug-likeness (QED) is 0.787. The van der Waals surface area contributed by atoms with Crippen molar-refractivity contribution in [3.63, 3.8) is 0 Å². The van der Waals surface area contributed by atoms with Gasteiger partial charge in [-0.3, -0.25) is 4.79 Å². The Labute approximate surface area is 144 Å². The monoisotopic (exact) mass is 343 g/mol. The van der Waals surface area contributed by atoms with Crippen molar-refractivity contribution in [1.29, 1.82) is 0 Å². The summed E-state index contributed by atoms with van der Waals surface area (Å²) in [5, 5.41) is 3.78. The molecule has 1 aromatic carbocycles. The fourth-order valence-corrected chi connectivity index (χ4v) is 2.93. The summed E-state index contributed by atoms with van der Waals surface area (Å²) in [6, 6.07) is 7.04. The lowest BCUT2D eigenvalue weighted by atomic mass is 9.94. The molecule has 25 heavy (non-hydrogen) atoms. The van der Waals surface area contributed by atoms with Crippen LogP contribution in [0.5, 0.6) is 0 Å². The minimum Gasteiger partial charge on any atom is -0.347 e. The average Bonchev–Trinajstić information content (AvgIpc) is 2.86. The van der Waals surface area contributed by atoms with E-state index in [-0.39, 0.29) is 5.91 Å². The zero-order valence-corrected chi connectivity index (χ0v) is 14.3. The van der Waals surface area contributed by atoms with Gasteiger partial charge in [-0.1, -0.05) is 0 Å². The molecule has 1 N–H and O–H groups in total. The number of pyridine rings is 1. The third-order valence-corrected chi connectivity index (χ3v) is 3.99. The number of amides is 1. The molecule has 1 amide bonds. The highest BCUT2D eigenvalue weighted by Crippen LogP contribution is 2.18. The Hall–Kier alpha value is -2.76. The molecule has 0 aliphatic carbocycles. The van der Waals surface area contributed by atoms with E-state index in [0.717, 1.165) is 17.1 Å². The first kappa shape index (κ1) is 17.1. The molecule has 0 aliphatic rings. The second-order valence-corrected chi connectivity index (χ2v) is 6.86. The van der Waals surface area contributed by atoms with Crippen LogP contribution in [0.25, 0.3) is 11.0 Å². The molecule has 0 aliphatic heterocycles. The second kappa shape index (κ2) is 6.27. The van der Waals surface area contributed by atoms with Gasteiger partial charge in [0, 0.05) is 36.4 Å². The Bertz CT molecular complexity index is 927. The molecule has 0 saturated carbocycles. The number of hydrogen-bond donors (Lipinski definition) is 1. The SMILES string of the molecule is Cn1ccc2cc(C(=O)NC(C)(C)Cc3cc(F)cc(F)c3)cnc21. The maximum Gasteiger partial charge on any atom is 0.253 e. The van der Waals surface area contributed by atoms with Gasteiger partial charge < -0.3 is 9.88 Å². The van der Waals surface area contributed by atoms with Gasteiger partial charge in [-0.25, -0.2) is 13.8 Å². The molecule has 2 heterocycles. The number of nitrogens with zero attached hydrogens (tertiary/aromatic N) is 2.